The van der Waals surface area contributed by atoms with Crippen molar-refractivity contribution in [2.75, 3.05) is 12.1 Å². The first-order valence-electron chi connectivity index (χ1n) is 12.2. The number of hydrogen-bond acceptors (Lipinski definition) is 8. The van der Waals surface area contributed by atoms with E-state index < -0.39 is 27.4 Å². The van der Waals surface area contributed by atoms with Crippen LogP contribution < -0.4 is 24.2 Å². The van der Waals surface area contributed by atoms with Gasteiger partial charge in [0.1, 0.15) is 10.6 Å². The van der Waals surface area contributed by atoms with Crippen molar-refractivity contribution in [3.8, 4) is 23.1 Å². The highest BCUT2D eigenvalue weighted by atomic mass is 32.2. The Bertz CT molecular complexity index is 1590. The normalized spacial score (nSPS) is 14.8. The maximum atomic E-state index is 13.4. The average Bonchev–Trinajstić information content (AvgIpc) is 3.41. The fraction of sp³-hybridized carbons (Fsp3) is 0.346. The van der Waals surface area contributed by atoms with E-state index in [1.54, 1.807) is 19.1 Å². The van der Waals surface area contributed by atoms with E-state index in [1.807, 2.05) is 20.8 Å². The number of carboxylic acid groups (broad SMARTS) is 1. The number of nitrogens with one attached hydrogen (secondary N) is 2. The zero-order chi connectivity index (χ0) is 28.1. The molecule has 2 aromatic carbocycles. The lowest BCUT2D eigenvalue weighted by atomic mass is 10.1. The predicted molar refractivity (Wildman–Crippen MR) is 139 cm³/mol. The summed E-state index contributed by atoms with van der Waals surface area (Å²) in [6.45, 7) is 7.07. The SMILES string of the molecule is Cc1c(C(=O)O)nn(C(C)(C)C)c1Oc1ccc(NC(=O)c2ccc3c(c2)OCO3)cc1S(=O)(=O)NC1CC1. The number of carboxylic acids is 1. The molecule has 1 aromatic heterocycles. The van der Waals surface area contributed by atoms with Gasteiger partial charge in [-0.25, -0.2) is 22.6 Å². The minimum atomic E-state index is -4.06. The number of hydrogen-bond donors (Lipinski definition) is 3. The summed E-state index contributed by atoms with van der Waals surface area (Å²) in [5, 5.41) is 16.5. The number of carbonyl (C=O) groups excluding carboxylic acids is 1. The van der Waals surface area contributed by atoms with Crippen molar-refractivity contribution in [1.82, 2.24) is 14.5 Å². The molecule has 2 heterocycles. The Labute approximate surface area is 224 Å². The molecule has 1 saturated carbocycles. The standard InChI is InChI=1S/C26H28N4O8S/c1-14-22(25(32)33)28-30(26(2,3)4)24(14)38-19-10-8-17(12-21(19)39(34,35)29-16-6-7-16)27-23(31)15-5-9-18-20(11-15)37-13-36-18/h5,8-12,16,29H,6-7,13H2,1-4H3,(H,27,31)(H,32,33). The molecule has 1 fully saturated rings. The van der Waals surface area contributed by atoms with Crippen molar-refractivity contribution in [3.05, 3.63) is 53.2 Å². The van der Waals surface area contributed by atoms with Gasteiger partial charge in [0.15, 0.2) is 17.2 Å². The monoisotopic (exact) mass is 556 g/mol. The number of rotatable bonds is 8. The van der Waals surface area contributed by atoms with Crippen LogP contribution in [0, 0.1) is 6.92 Å². The number of carbonyl (C=O) groups is 2. The van der Waals surface area contributed by atoms with Gasteiger partial charge in [-0.05, 0) is 76.9 Å². The van der Waals surface area contributed by atoms with Crippen LogP contribution in [0.3, 0.4) is 0 Å². The van der Waals surface area contributed by atoms with Gasteiger partial charge in [-0.15, -0.1) is 0 Å². The second-order valence-electron chi connectivity index (χ2n) is 10.3. The Hall–Kier alpha value is -4.10. The smallest absolute Gasteiger partial charge is 0.356 e. The second-order valence-corrected chi connectivity index (χ2v) is 12.0. The minimum absolute atomic E-state index is 0.0466. The minimum Gasteiger partial charge on any atom is -0.476 e. The van der Waals surface area contributed by atoms with Crippen LogP contribution >= 0.6 is 0 Å². The van der Waals surface area contributed by atoms with Gasteiger partial charge in [-0.3, -0.25) is 4.79 Å². The lowest BCUT2D eigenvalue weighted by Crippen LogP contribution is -2.27. The van der Waals surface area contributed by atoms with Crippen LogP contribution in [0.2, 0.25) is 0 Å². The highest BCUT2D eigenvalue weighted by Crippen LogP contribution is 2.37. The molecule has 0 saturated heterocycles. The summed E-state index contributed by atoms with van der Waals surface area (Å²) in [7, 11) is -4.06. The van der Waals surface area contributed by atoms with Crippen molar-refractivity contribution < 1.29 is 37.3 Å². The molecule has 0 radical (unpaired) electrons. The molecule has 0 spiro atoms. The summed E-state index contributed by atoms with van der Waals surface area (Å²) in [6, 6.07) is 8.76. The van der Waals surface area contributed by atoms with E-state index in [0.29, 0.717) is 29.9 Å². The third-order valence-electron chi connectivity index (χ3n) is 6.14. The Balaban J connectivity index is 1.52. The summed E-state index contributed by atoms with van der Waals surface area (Å²) in [5.41, 5.74) is -0.110. The van der Waals surface area contributed by atoms with E-state index in [1.165, 1.54) is 28.9 Å². The topological polar surface area (TPSA) is 158 Å². The molecule has 1 aliphatic heterocycles. The molecule has 0 bridgehead atoms. The number of fused-ring (bicyclic) bond motifs is 1. The number of benzene rings is 2. The van der Waals surface area contributed by atoms with E-state index >= 15 is 0 Å². The van der Waals surface area contributed by atoms with Crippen LogP contribution in [0.4, 0.5) is 5.69 Å². The molecule has 1 aliphatic carbocycles. The van der Waals surface area contributed by atoms with Crippen LogP contribution in [0.15, 0.2) is 41.3 Å². The first-order valence-corrected chi connectivity index (χ1v) is 13.7. The van der Waals surface area contributed by atoms with Gasteiger partial charge in [0.05, 0.1) is 5.54 Å². The molecule has 3 N–H and O–H groups in total. The highest BCUT2D eigenvalue weighted by Gasteiger charge is 2.32. The number of aromatic nitrogens is 2. The van der Waals surface area contributed by atoms with Gasteiger partial charge in [0.25, 0.3) is 5.91 Å². The fourth-order valence-electron chi connectivity index (χ4n) is 3.97. The first-order chi connectivity index (χ1) is 18.3. The van der Waals surface area contributed by atoms with Crippen molar-refractivity contribution in [1.29, 1.82) is 0 Å². The number of sulfonamides is 1. The van der Waals surface area contributed by atoms with Crippen molar-refractivity contribution in [2.24, 2.45) is 0 Å². The van der Waals surface area contributed by atoms with E-state index in [2.05, 4.69) is 15.1 Å². The van der Waals surface area contributed by atoms with Crippen molar-refractivity contribution in [3.63, 3.8) is 0 Å². The van der Waals surface area contributed by atoms with Gasteiger partial charge < -0.3 is 24.6 Å². The summed E-state index contributed by atoms with van der Waals surface area (Å²) < 4.78 is 47.4. The summed E-state index contributed by atoms with van der Waals surface area (Å²) in [4.78, 5) is 24.5. The predicted octanol–water partition coefficient (Wildman–Crippen LogP) is 3.86. The number of ether oxygens (including phenoxy) is 3. The highest BCUT2D eigenvalue weighted by molar-refractivity contribution is 7.89. The number of anilines is 1. The van der Waals surface area contributed by atoms with Gasteiger partial charge in [0, 0.05) is 22.9 Å². The zero-order valence-electron chi connectivity index (χ0n) is 21.8. The fourth-order valence-corrected chi connectivity index (χ4v) is 5.43. The third-order valence-corrected chi connectivity index (χ3v) is 7.68. The van der Waals surface area contributed by atoms with Crippen LogP contribution in [-0.4, -0.2) is 48.0 Å². The Morgan fingerprint density at radius 3 is 2.49 bits per heavy atom. The maximum Gasteiger partial charge on any atom is 0.356 e. The molecule has 39 heavy (non-hydrogen) atoms. The summed E-state index contributed by atoms with van der Waals surface area (Å²) >= 11 is 0. The first kappa shape index (κ1) is 26.5. The van der Waals surface area contributed by atoms with E-state index in [9.17, 15) is 23.1 Å². The lowest BCUT2D eigenvalue weighted by molar-refractivity contribution is 0.0687. The van der Waals surface area contributed by atoms with E-state index in [4.69, 9.17) is 14.2 Å². The van der Waals surface area contributed by atoms with Crippen molar-refractivity contribution >= 4 is 27.6 Å². The molecular weight excluding hydrogens is 528 g/mol. The van der Waals surface area contributed by atoms with Crippen LogP contribution in [-0.2, 0) is 15.6 Å². The number of aromatic carboxylic acids is 1. The molecule has 1 amide bonds. The number of amides is 1. The van der Waals surface area contributed by atoms with Gasteiger partial charge in [-0.1, -0.05) is 0 Å². The van der Waals surface area contributed by atoms with Crippen molar-refractivity contribution in [2.45, 2.75) is 57.0 Å². The average molecular weight is 557 g/mol. The molecule has 0 atom stereocenters. The van der Waals surface area contributed by atoms with Crippen LogP contribution in [0.5, 0.6) is 23.1 Å². The quantitative estimate of drug-likeness (QED) is 0.375. The largest absolute Gasteiger partial charge is 0.476 e. The molecule has 13 heteroatoms. The number of nitrogens with zero attached hydrogens (tertiary/aromatic N) is 2. The van der Waals surface area contributed by atoms with E-state index in [0.717, 1.165) is 0 Å². The second kappa shape index (κ2) is 9.58. The van der Waals surface area contributed by atoms with Crippen LogP contribution in [0.25, 0.3) is 0 Å². The zero-order valence-corrected chi connectivity index (χ0v) is 22.6. The molecule has 2 aliphatic rings. The van der Waals surface area contributed by atoms with Gasteiger partial charge in [-0.2, -0.15) is 5.10 Å². The lowest BCUT2D eigenvalue weighted by Gasteiger charge is -2.23. The van der Waals surface area contributed by atoms with E-state index in [-0.39, 0.29) is 46.3 Å². The molecular formula is C26H28N4O8S. The molecule has 206 valence electrons. The van der Waals surface area contributed by atoms with Crippen LogP contribution in [0.1, 0.15) is 60.0 Å². The molecule has 0 unspecified atom stereocenters. The van der Waals surface area contributed by atoms with Gasteiger partial charge in [0.2, 0.25) is 22.7 Å². The van der Waals surface area contributed by atoms with Gasteiger partial charge >= 0.3 is 5.97 Å². The molecule has 3 aromatic rings. The Morgan fingerprint density at radius 1 is 1.10 bits per heavy atom. The molecule has 12 nitrogen and oxygen atoms in total. The Morgan fingerprint density at radius 2 is 1.82 bits per heavy atom. The third kappa shape index (κ3) is 5.40. The maximum absolute atomic E-state index is 13.4. The Kier molecular flexibility index (Phi) is 6.51. The molecule has 5 rings (SSSR count). The summed E-state index contributed by atoms with van der Waals surface area (Å²) in [6.07, 6.45) is 1.43. The summed E-state index contributed by atoms with van der Waals surface area (Å²) in [5.74, 6) is -0.689.